The fraction of sp³-hybridized carbons (Fsp3) is 0.200. The van der Waals surface area contributed by atoms with Crippen LogP contribution in [0.2, 0.25) is 0 Å². The molecule has 0 atom stereocenters. The van der Waals surface area contributed by atoms with Gasteiger partial charge in [0.15, 0.2) is 0 Å². The quantitative estimate of drug-likeness (QED) is 0.698. The Labute approximate surface area is 147 Å². The smallest absolute Gasteiger partial charge is 0.225 e. The topological polar surface area (TPSA) is 49.8 Å². The Morgan fingerprint density at radius 1 is 0.840 bits per heavy atom. The zero-order chi connectivity index (χ0) is 17.6. The Kier molecular flexibility index (Phi) is 5.23. The number of nitrogens with zero attached hydrogens (tertiary/aromatic N) is 2. The van der Waals surface area contributed by atoms with Gasteiger partial charge in [-0.3, -0.25) is 0 Å². The zero-order valence-electron chi connectivity index (χ0n) is 14.4. The lowest BCUT2D eigenvalue weighted by Gasteiger charge is -2.10. The first-order valence-corrected chi connectivity index (χ1v) is 8.22. The minimum atomic E-state index is -0.232. The summed E-state index contributed by atoms with van der Waals surface area (Å²) < 4.78 is 13.0. The minimum absolute atomic E-state index is 0.232. The molecule has 0 spiro atoms. The fourth-order valence-electron chi connectivity index (χ4n) is 2.54. The highest BCUT2D eigenvalue weighted by molar-refractivity contribution is 5.43. The van der Waals surface area contributed by atoms with Gasteiger partial charge in [-0.2, -0.15) is 4.98 Å². The summed E-state index contributed by atoms with van der Waals surface area (Å²) in [5.74, 6) is 1.09. The van der Waals surface area contributed by atoms with Gasteiger partial charge in [-0.25, -0.2) is 9.37 Å². The van der Waals surface area contributed by atoms with Gasteiger partial charge in [0.2, 0.25) is 5.95 Å². The van der Waals surface area contributed by atoms with Crippen LogP contribution in [-0.2, 0) is 13.1 Å². The largest absolute Gasteiger partial charge is 0.366 e. The molecule has 0 aliphatic heterocycles. The summed E-state index contributed by atoms with van der Waals surface area (Å²) in [4.78, 5) is 8.92. The van der Waals surface area contributed by atoms with E-state index in [1.54, 1.807) is 12.1 Å². The fourth-order valence-corrected chi connectivity index (χ4v) is 2.54. The number of nitrogens with one attached hydrogen (secondary N) is 2. The van der Waals surface area contributed by atoms with E-state index in [1.165, 1.54) is 23.3 Å². The van der Waals surface area contributed by atoms with Gasteiger partial charge in [0, 0.05) is 24.8 Å². The number of halogens is 1. The van der Waals surface area contributed by atoms with Gasteiger partial charge in [-0.05, 0) is 37.1 Å². The average molecular weight is 336 g/mol. The Morgan fingerprint density at radius 2 is 1.60 bits per heavy atom. The molecule has 0 saturated carbocycles. The maximum absolute atomic E-state index is 13.0. The number of aromatic nitrogens is 2. The van der Waals surface area contributed by atoms with Gasteiger partial charge in [0.05, 0.1) is 0 Å². The third-order valence-electron chi connectivity index (χ3n) is 3.77. The summed E-state index contributed by atoms with van der Waals surface area (Å²) in [6.07, 6.45) is 0. The molecule has 25 heavy (non-hydrogen) atoms. The van der Waals surface area contributed by atoms with Gasteiger partial charge < -0.3 is 10.6 Å². The molecule has 128 valence electrons. The van der Waals surface area contributed by atoms with E-state index in [-0.39, 0.29) is 5.82 Å². The predicted molar refractivity (Wildman–Crippen MR) is 99.0 cm³/mol. The van der Waals surface area contributed by atoms with Crippen LogP contribution in [0.5, 0.6) is 0 Å². The first-order valence-electron chi connectivity index (χ1n) is 8.22. The molecule has 1 heterocycles. The van der Waals surface area contributed by atoms with Crippen molar-refractivity contribution in [3.63, 3.8) is 0 Å². The van der Waals surface area contributed by atoms with Gasteiger partial charge in [-0.1, -0.05) is 42.0 Å². The Bertz CT molecular complexity index is 847. The summed E-state index contributed by atoms with van der Waals surface area (Å²) in [5, 5.41) is 6.52. The van der Waals surface area contributed by atoms with Crippen LogP contribution in [0, 0.1) is 19.7 Å². The van der Waals surface area contributed by atoms with E-state index in [9.17, 15) is 4.39 Å². The van der Waals surface area contributed by atoms with Gasteiger partial charge in [0.1, 0.15) is 11.6 Å². The first kappa shape index (κ1) is 16.9. The molecule has 5 heteroatoms. The van der Waals surface area contributed by atoms with Crippen LogP contribution in [0.25, 0.3) is 0 Å². The summed E-state index contributed by atoms with van der Waals surface area (Å²) in [6.45, 7) is 5.25. The molecule has 0 amide bonds. The van der Waals surface area contributed by atoms with Crippen molar-refractivity contribution in [3.05, 3.63) is 82.8 Å². The van der Waals surface area contributed by atoms with Crippen LogP contribution >= 0.6 is 0 Å². The number of hydrogen-bond acceptors (Lipinski definition) is 4. The lowest BCUT2D eigenvalue weighted by Crippen LogP contribution is -2.08. The van der Waals surface area contributed by atoms with Crippen LogP contribution in [0.1, 0.15) is 22.4 Å². The number of rotatable bonds is 6. The average Bonchev–Trinajstić information content (AvgIpc) is 2.59. The van der Waals surface area contributed by atoms with Crippen molar-refractivity contribution in [3.8, 4) is 0 Å². The summed E-state index contributed by atoms with van der Waals surface area (Å²) in [6, 6.07) is 16.6. The molecular weight excluding hydrogens is 315 g/mol. The molecule has 2 N–H and O–H groups in total. The summed E-state index contributed by atoms with van der Waals surface area (Å²) in [7, 11) is 0. The van der Waals surface area contributed by atoms with E-state index in [1.807, 2.05) is 19.1 Å². The summed E-state index contributed by atoms with van der Waals surface area (Å²) >= 11 is 0. The lowest BCUT2D eigenvalue weighted by molar-refractivity contribution is 0.627. The predicted octanol–water partition coefficient (Wildman–Crippen LogP) is 4.46. The second-order valence-corrected chi connectivity index (χ2v) is 6.04. The van der Waals surface area contributed by atoms with Crippen molar-refractivity contribution in [2.24, 2.45) is 0 Å². The van der Waals surface area contributed by atoms with Gasteiger partial charge in [-0.15, -0.1) is 0 Å². The standard InChI is InChI=1S/C20H21FN4/c1-14-4-3-5-17(10-14)13-23-20-24-15(2)11-19(25-20)22-12-16-6-8-18(21)9-7-16/h3-11H,12-13H2,1-2H3,(H2,22,23,24,25). The monoisotopic (exact) mass is 336 g/mol. The zero-order valence-corrected chi connectivity index (χ0v) is 14.4. The molecule has 0 aliphatic carbocycles. The Hall–Kier alpha value is -2.95. The molecule has 1 aromatic heterocycles. The van der Waals surface area contributed by atoms with Crippen LogP contribution in [-0.4, -0.2) is 9.97 Å². The normalized spacial score (nSPS) is 10.5. The second kappa shape index (κ2) is 7.75. The van der Waals surface area contributed by atoms with Gasteiger partial charge >= 0.3 is 0 Å². The van der Waals surface area contributed by atoms with Crippen molar-refractivity contribution >= 4 is 11.8 Å². The van der Waals surface area contributed by atoms with E-state index in [2.05, 4.69) is 45.7 Å². The third-order valence-corrected chi connectivity index (χ3v) is 3.77. The Balaban J connectivity index is 1.64. The molecule has 0 fully saturated rings. The highest BCUT2D eigenvalue weighted by Crippen LogP contribution is 2.13. The van der Waals surface area contributed by atoms with Crippen LogP contribution < -0.4 is 10.6 Å². The number of hydrogen-bond donors (Lipinski definition) is 2. The molecule has 0 unspecified atom stereocenters. The lowest BCUT2D eigenvalue weighted by atomic mass is 10.1. The van der Waals surface area contributed by atoms with Crippen molar-refractivity contribution in [1.82, 2.24) is 9.97 Å². The molecule has 0 aliphatic rings. The third kappa shape index (κ3) is 5.01. The van der Waals surface area contributed by atoms with Crippen molar-refractivity contribution in [2.75, 3.05) is 10.6 Å². The molecule has 3 rings (SSSR count). The van der Waals surface area contributed by atoms with E-state index in [0.717, 1.165) is 17.1 Å². The summed E-state index contributed by atoms with van der Waals surface area (Å²) in [5.41, 5.74) is 4.28. The second-order valence-electron chi connectivity index (χ2n) is 6.04. The number of anilines is 2. The minimum Gasteiger partial charge on any atom is -0.366 e. The molecule has 3 aromatic rings. The molecule has 0 bridgehead atoms. The van der Waals surface area contributed by atoms with E-state index in [4.69, 9.17) is 0 Å². The maximum atomic E-state index is 13.0. The van der Waals surface area contributed by atoms with Gasteiger partial charge in [0.25, 0.3) is 0 Å². The molecule has 0 radical (unpaired) electrons. The molecule has 4 nitrogen and oxygen atoms in total. The van der Waals surface area contributed by atoms with Crippen LogP contribution in [0.4, 0.5) is 16.2 Å². The Morgan fingerprint density at radius 3 is 2.36 bits per heavy atom. The molecular formula is C20H21FN4. The highest BCUT2D eigenvalue weighted by Gasteiger charge is 2.03. The SMILES string of the molecule is Cc1cccc(CNc2nc(C)cc(NCc3ccc(F)cc3)n2)c1. The van der Waals surface area contributed by atoms with Crippen LogP contribution in [0.15, 0.2) is 54.6 Å². The molecule has 2 aromatic carbocycles. The van der Waals surface area contributed by atoms with Crippen LogP contribution in [0.3, 0.4) is 0 Å². The van der Waals surface area contributed by atoms with Crippen molar-refractivity contribution in [1.29, 1.82) is 0 Å². The number of aryl methyl sites for hydroxylation is 2. The maximum Gasteiger partial charge on any atom is 0.225 e. The number of benzene rings is 2. The molecule has 0 saturated heterocycles. The van der Waals surface area contributed by atoms with E-state index in [0.29, 0.717) is 19.0 Å². The van der Waals surface area contributed by atoms with Crippen molar-refractivity contribution in [2.45, 2.75) is 26.9 Å². The van der Waals surface area contributed by atoms with E-state index < -0.39 is 0 Å². The van der Waals surface area contributed by atoms with Crippen molar-refractivity contribution < 1.29 is 4.39 Å². The highest BCUT2D eigenvalue weighted by atomic mass is 19.1. The van der Waals surface area contributed by atoms with E-state index >= 15 is 0 Å². The first-order chi connectivity index (χ1) is 12.1.